The molecule has 1 aromatic heterocycles. The lowest BCUT2D eigenvalue weighted by molar-refractivity contribution is 0.0668. The summed E-state index contributed by atoms with van der Waals surface area (Å²) in [7, 11) is 0. The number of rotatable bonds is 4. The van der Waals surface area contributed by atoms with Crippen molar-refractivity contribution in [1.29, 1.82) is 0 Å². The maximum absolute atomic E-state index is 13.0. The van der Waals surface area contributed by atoms with Crippen molar-refractivity contribution in [3.8, 4) is 11.1 Å². The van der Waals surface area contributed by atoms with Crippen LogP contribution in [-0.4, -0.2) is 35.8 Å². The Hall–Kier alpha value is -3.34. The molecule has 0 unspecified atom stereocenters. The van der Waals surface area contributed by atoms with Gasteiger partial charge in [0.2, 0.25) is 0 Å². The lowest BCUT2D eigenvalue weighted by atomic mass is 10.0. The molecule has 4 rings (SSSR count). The van der Waals surface area contributed by atoms with E-state index in [1.165, 1.54) is 0 Å². The van der Waals surface area contributed by atoms with Crippen LogP contribution in [0.3, 0.4) is 0 Å². The van der Waals surface area contributed by atoms with Crippen LogP contribution in [0.5, 0.6) is 0 Å². The SMILES string of the molecule is O=C(NC1CCN(C(=O)c2occc2-c2ccccc2)CC1)c1ccccc1. The van der Waals surface area contributed by atoms with Crippen molar-refractivity contribution in [3.63, 3.8) is 0 Å². The molecule has 1 fully saturated rings. The molecular weight excluding hydrogens is 352 g/mol. The molecule has 5 heteroatoms. The first kappa shape index (κ1) is 18.0. The molecule has 0 bridgehead atoms. The zero-order valence-electron chi connectivity index (χ0n) is 15.5. The Labute approximate surface area is 164 Å². The van der Waals surface area contributed by atoms with Crippen LogP contribution in [0.25, 0.3) is 11.1 Å². The van der Waals surface area contributed by atoms with Gasteiger partial charge in [-0.1, -0.05) is 48.5 Å². The van der Waals surface area contributed by atoms with Crippen LogP contribution >= 0.6 is 0 Å². The fraction of sp³-hybridized carbons (Fsp3) is 0.217. The number of furan rings is 1. The lowest BCUT2D eigenvalue weighted by Gasteiger charge is -2.32. The second-order valence-electron chi connectivity index (χ2n) is 6.94. The number of nitrogens with one attached hydrogen (secondary N) is 1. The van der Waals surface area contributed by atoms with Crippen molar-refractivity contribution in [2.75, 3.05) is 13.1 Å². The van der Waals surface area contributed by atoms with Crippen molar-refractivity contribution in [3.05, 3.63) is 84.3 Å². The van der Waals surface area contributed by atoms with Gasteiger partial charge in [0.1, 0.15) is 0 Å². The number of amides is 2. The summed E-state index contributed by atoms with van der Waals surface area (Å²) in [6, 6.07) is 20.9. The minimum absolute atomic E-state index is 0.0669. The fourth-order valence-corrected chi connectivity index (χ4v) is 3.55. The number of hydrogen-bond acceptors (Lipinski definition) is 3. The summed E-state index contributed by atoms with van der Waals surface area (Å²) >= 11 is 0. The van der Waals surface area contributed by atoms with E-state index in [9.17, 15) is 9.59 Å². The van der Waals surface area contributed by atoms with Crippen molar-refractivity contribution >= 4 is 11.8 Å². The van der Waals surface area contributed by atoms with E-state index >= 15 is 0 Å². The molecule has 142 valence electrons. The van der Waals surface area contributed by atoms with Gasteiger partial charge in [0.05, 0.1) is 6.26 Å². The van der Waals surface area contributed by atoms with Crippen molar-refractivity contribution in [2.24, 2.45) is 0 Å². The average Bonchev–Trinajstić information content (AvgIpc) is 3.25. The molecule has 1 aliphatic rings. The van der Waals surface area contributed by atoms with Gasteiger partial charge in [-0.25, -0.2) is 0 Å². The molecule has 1 aliphatic heterocycles. The van der Waals surface area contributed by atoms with Gasteiger partial charge >= 0.3 is 0 Å². The molecule has 28 heavy (non-hydrogen) atoms. The molecule has 0 radical (unpaired) electrons. The zero-order chi connectivity index (χ0) is 19.3. The maximum atomic E-state index is 13.0. The smallest absolute Gasteiger partial charge is 0.290 e. The molecule has 3 aromatic rings. The summed E-state index contributed by atoms with van der Waals surface area (Å²) in [6.45, 7) is 1.18. The van der Waals surface area contributed by atoms with Gasteiger partial charge in [-0.2, -0.15) is 0 Å². The van der Waals surface area contributed by atoms with E-state index < -0.39 is 0 Å². The second kappa shape index (κ2) is 8.13. The first-order valence-corrected chi connectivity index (χ1v) is 9.50. The van der Waals surface area contributed by atoms with Crippen LogP contribution in [0.15, 0.2) is 77.4 Å². The molecule has 0 saturated carbocycles. The highest BCUT2D eigenvalue weighted by Gasteiger charge is 2.28. The van der Waals surface area contributed by atoms with Crippen molar-refractivity contribution < 1.29 is 14.0 Å². The third-order valence-corrected chi connectivity index (χ3v) is 5.10. The Balaban J connectivity index is 1.38. The molecular formula is C23H22N2O3. The van der Waals surface area contributed by atoms with Gasteiger partial charge in [-0.15, -0.1) is 0 Å². The summed E-state index contributed by atoms with van der Waals surface area (Å²) in [6.07, 6.45) is 3.01. The topological polar surface area (TPSA) is 62.6 Å². The largest absolute Gasteiger partial charge is 0.459 e. The number of likely N-dealkylation sites (tertiary alicyclic amines) is 1. The molecule has 1 saturated heterocycles. The van der Waals surface area contributed by atoms with Gasteiger partial charge < -0.3 is 14.6 Å². The summed E-state index contributed by atoms with van der Waals surface area (Å²) in [4.78, 5) is 27.1. The summed E-state index contributed by atoms with van der Waals surface area (Å²) < 4.78 is 5.52. The monoisotopic (exact) mass is 374 g/mol. The molecule has 0 spiro atoms. The normalized spacial score (nSPS) is 14.6. The maximum Gasteiger partial charge on any atom is 0.290 e. The average molecular weight is 374 g/mol. The zero-order valence-corrected chi connectivity index (χ0v) is 15.5. The van der Waals surface area contributed by atoms with E-state index in [1.54, 1.807) is 23.3 Å². The second-order valence-corrected chi connectivity index (χ2v) is 6.94. The Bertz CT molecular complexity index is 942. The molecule has 1 N–H and O–H groups in total. The molecule has 5 nitrogen and oxygen atoms in total. The van der Waals surface area contributed by atoms with Crippen molar-refractivity contribution in [2.45, 2.75) is 18.9 Å². The standard InChI is InChI=1S/C23H22N2O3/c26-22(18-9-5-2-6-10-18)24-19-11-14-25(15-12-19)23(27)21-20(13-16-28-21)17-7-3-1-4-8-17/h1-10,13,16,19H,11-12,14-15H2,(H,24,26). The van der Waals surface area contributed by atoms with E-state index in [0.29, 0.717) is 24.4 Å². The number of nitrogens with zero attached hydrogens (tertiary/aromatic N) is 1. The Morgan fingerprint density at radius 3 is 2.21 bits per heavy atom. The van der Waals surface area contributed by atoms with Crippen LogP contribution in [0, 0.1) is 0 Å². The van der Waals surface area contributed by atoms with E-state index in [1.807, 2.05) is 54.6 Å². The minimum atomic E-state index is -0.100. The number of hydrogen-bond donors (Lipinski definition) is 1. The van der Waals surface area contributed by atoms with E-state index in [0.717, 1.165) is 24.0 Å². The summed E-state index contributed by atoms with van der Waals surface area (Å²) in [5.74, 6) is 0.206. The Morgan fingerprint density at radius 1 is 0.893 bits per heavy atom. The van der Waals surface area contributed by atoms with Crippen LogP contribution in [-0.2, 0) is 0 Å². The Kier molecular flexibility index (Phi) is 5.24. The van der Waals surface area contributed by atoms with Crippen LogP contribution in [0.1, 0.15) is 33.8 Å². The number of piperidine rings is 1. The van der Waals surface area contributed by atoms with Gasteiger partial charge in [0.25, 0.3) is 11.8 Å². The molecule has 0 atom stereocenters. The third kappa shape index (κ3) is 3.83. The molecule has 0 aliphatic carbocycles. The predicted molar refractivity (Wildman–Crippen MR) is 107 cm³/mol. The predicted octanol–water partition coefficient (Wildman–Crippen LogP) is 3.98. The first-order chi connectivity index (χ1) is 13.7. The van der Waals surface area contributed by atoms with Gasteiger partial charge in [0.15, 0.2) is 5.76 Å². The molecule has 2 aromatic carbocycles. The van der Waals surface area contributed by atoms with Crippen LogP contribution < -0.4 is 5.32 Å². The molecule has 2 heterocycles. The summed E-state index contributed by atoms with van der Waals surface area (Å²) in [5, 5.41) is 3.07. The van der Waals surface area contributed by atoms with E-state index in [4.69, 9.17) is 4.42 Å². The quantitative estimate of drug-likeness (QED) is 0.751. The summed E-state index contributed by atoms with van der Waals surface area (Å²) in [5.41, 5.74) is 2.43. The van der Waals surface area contributed by atoms with Crippen LogP contribution in [0.2, 0.25) is 0 Å². The molecule has 2 amide bonds. The number of carbonyl (C=O) groups excluding carboxylic acids is 2. The minimum Gasteiger partial charge on any atom is -0.459 e. The number of benzene rings is 2. The van der Waals surface area contributed by atoms with E-state index in [2.05, 4.69) is 5.32 Å². The lowest BCUT2D eigenvalue weighted by Crippen LogP contribution is -2.46. The van der Waals surface area contributed by atoms with Gasteiger partial charge in [-0.05, 0) is 36.6 Å². The fourth-order valence-electron chi connectivity index (χ4n) is 3.55. The highest BCUT2D eigenvalue weighted by Crippen LogP contribution is 2.26. The third-order valence-electron chi connectivity index (χ3n) is 5.10. The highest BCUT2D eigenvalue weighted by molar-refractivity contribution is 5.98. The van der Waals surface area contributed by atoms with Crippen molar-refractivity contribution in [1.82, 2.24) is 10.2 Å². The van der Waals surface area contributed by atoms with Crippen LogP contribution in [0.4, 0.5) is 0 Å². The first-order valence-electron chi connectivity index (χ1n) is 9.50. The highest BCUT2D eigenvalue weighted by atomic mass is 16.3. The Morgan fingerprint density at radius 2 is 1.54 bits per heavy atom. The number of carbonyl (C=O) groups is 2. The van der Waals surface area contributed by atoms with E-state index in [-0.39, 0.29) is 17.9 Å². The van der Waals surface area contributed by atoms with Gasteiger partial charge in [0, 0.05) is 30.3 Å². The van der Waals surface area contributed by atoms with Gasteiger partial charge in [-0.3, -0.25) is 9.59 Å².